The van der Waals surface area contributed by atoms with Gasteiger partial charge in [-0.2, -0.15) is 5.10 Å². The second-order valence-corrected chi connectivity index (χ2v) is 6.96. The van der Waals surface area contributed by atoms with E-state index in [2.05, 4.69) is 59.1 Å². The van der Waals surface area contributed by atoms with Crippen molar-refractivity contribution in [2.45, 2.75) is 26.8 Å². The molecule has 1 heterocycles. The van der Waals surface area contributed by atoms with E-state index in [4.69, 9.17) is 0 Å². The minimum atomic E-state index is -0.0257. The standard InChI is InChI=1S/C22H26N4O/c1-15-10-12-19(13-11-15)22(18-8-6-5-7-9-18)23-14-20(27)24-21-16(2)25-26(4)17(21)3/h5-13,22-23H,14H2,1-4H3,(H,24,27)/p+1/t22-/m0/s1. The highest BCUT2D eigenvalue weighted by Gasteiger charge is 2.20. The molecule has 0 radical (unpaired) electrons. The van der Waals surface area contributed by atoms with Gasteiger partial charge in [-0.05, 0) is 20.8 Å². The summed E-state index contributed by atoms with van der Waals surface area (Å²) in [6.45, 7) is 6.28. The summed E-state index contributed by atoms with van der Waals surface area (Å²) >= 11 is 0. The molecular formula is C22H27N4O+. The van der Waals surface area contributed by atoms with Gasteiger partial charge in [-0.15, -0.1) is 0 Å². The first kappa shape index (κ1) is 18.9. The topological polar surface area (TPSA) is 63.5 Å². The summed E-state index contributed by atoms with van der Waals surface area (Å²) in [5.41, 5.74) is 6.20. The fraction of sp³-hybridized carbons (Fsp3) is 0.273. The molecular weight excluding hydrogens is 336 g/mol. The van der Waals surface area contributed by atoms with Crippen LogP contribution in [0.15, 0.2) is 54.6 Å². The van der Waals surface area contributed by atoms with Gasteiger partial charge in [0.05, 0.1) is 17.1 Å². The van der Waals surface area contributed by atoms with Crippen LogP contribution in [0.3, 0.4) is 0 Å². The van der Waals surface area contributed by atoms with Crippen LogP contribution in [0.1, 0.15) is 34.1 Å². The van der Waals surface area contributed by atoms with Crippen molar-refractivity contribution >= 4 is 11.6 Å². The van der Waals surface area contributed by atoms with Gasteiger partial charge in [0, 0.05) is 18.2 Å². The van der Waals surface area contributed by atoms with E-state index in [9.17, 15) is 4.79 Å². The van der Waals surface area contributed by atoms with Gasteiger partial charge in [-0.1, -0.05) is 60.2 Å². The highest BCUT2D eigenvalue weighted by atomic mass is 16.1. The number of nitrogens with zero attached hydrogens (tertiary/aromatic N) is 2. The van der Waals surface area contributed by atoms with Crippen molar-refractivity contribution in [2.24, 2.45) is 7.05 Å². The Morgan fingerprint density at radius 2 is 1.67 bits per heavy atom. The summed E-state index contributed by atoms with van der Waals surface area (Å²) in [5.74, 6) is -0.0257. The summed E-state index contributed by atoms with van der Waals surface area (Å²) in [4.78, 5) is 12.6. The van der Waals surface area contributed by atoms with Gasteiger partial charge >= 0.3 is 0 Å². The van der Waals surface area contributed by atoms with Crippen molar-refractivity contribution in [3.63, 3.8) is 0 Å². The molecule has 0 spiro atoms. The molecule has 0 saturated carbocycles. The molecule has 5 nitrogen and oxygen atoms in total. The van der Waals surface area contributed by atoms with E-state index in [1.807, 2.05) is 39.1 Å². The molecule has 0 aliphatic carbocycles. The number of aryl methyl sites for hydroxylation is 3. The third-order valence-electron chi connectivity index (χ3n) is 4.91. The van der Waals surface area contributed by atoms with E-state index < -0.39 is 0 Å². The lowest BCUT2D eigenvalue weighted by Gasteiger charge is -2.17. The molecule has 0 saturated heterocycles. The number of rotatable bonds is 6. The molecule has 3 rings (SSSR count). The van der Waals surface area contributed by atoms with Crippen LogP contribution in [0.4, 0.5) is 5.69 Å². The summed E-state index contributed by atoms with van der Waals surface area (Å²) < 4.78 is 1.79. The lowest BCUT2D eigenvalue weighted by atomic mass is 9.98. The van der Waals surface area contributed by atoms with Crippen molar-refractivity contribution in [1.29, 1.82) is 0 Å². The largest absolute Gasteiger partial charge is 0.328 e. The molecule has 5 heteroatoms. The van der Waals surface area contributed by atoms with Gasteiger partial charge in [0.2, 0.25) is 0 Å². The van der Waals surface area contributed by atoms with Crippen LogP contribution in [0.25, 0.3) is 0 Å². The summed E-state index contributed by atoms with van der Waals surface area (Å²) in [5, 5.41) is 9.45. The average Bonchev–Trinajstić information content (AvgIpc) is 2.90. The molecule has 1 aromatic heterocycles. The number of carbonyl (C=O) groups is 1. The smallest absolute Gasteiger partial charge is 0.279 e. The van der Waals surface area contributed by atoms with Gasteiger partial charge in [0.25, 0.3) is 5.91 Å². The van der Waals surface area contributed by atoms with E-state index >= 15 is 0 Å². The molecule has 1 atom stereocenters. The molecule has 0 unspecified atom stereocenters. The monoisotopic (exact) mass is 363 g/mol. The molecule has 2 aromatic carbocycles. The van der Waals surface area contributed by atoms with E-state index in [-0.39, 0.29) is 11.9 Å². The molecule has 0 aliphatic rings. The van der Waals surface area contributed by atoms with Gasteiger partial charge in [-0.3, -0.25) is 9.48 Å². The number of nitrogens with two attached hydrogens (primary N) is 1. The number of hydrogen-bond acceptors (Lipinski definition) is 2. The van der Waals surface area contributed by atoms with Crippen molar-refractivity contribution in [1.82, 2.24) is 9.78 Å². The Morgan fingerprint density at radius 1 is 1.04 bits per heavy atom. The minimum absolute atomic E-state index is 0.0257. The number of quaternary nitrogens is 1. The number of hydrogen-bond donors (Lipinski definition) is 2. The molecule has 0 aliphatic heterocycles. The average molecular weight is 363 g/mol. The predicted molar refractivity (Wildman–Crippen MR) is 108 cm³/mol. The minimum Gasteiger partial charge on any atom is -0.328 e. The number of carbonyl (C=O) groups excluding carboxylic acids is 1. The highest BCUT2D eigenvalue weighted by molar-refractivity contribution is 5.92. The summed E-state index contributed by atoms with van der Waals surface area (Å²) in [6, 6.07) is 18.9. The first-order valence-corrected chi connectivity index (χ1v) is 9.20. The Bertz CT molecular complexity index is 913. The summed E-state index contributed by atoms with van der Waals surface area (Å²) in [6.07, 6.45) is 0. The lowest BCUT2D eigenvalue weighted by Crippen LogP contribution is -2.87. The highest BCUT2D eigenvalue weighted by Crippen LogP contribution is 2.19. The van der Waals surface area contributed by atoms with E-state index in [1.165, 1.54) is 16.7 Å². The first-order valence-electron chi connectivity index (χ1n) is 9.20. The van der Waals surface area contributed by atoms with Crippen molar-refractivity contribution in [2.75, 3.05) is 11.9 Å². The zero-order valence-corrected chi connectivity index (χ0v) is 16.4. The molecule has 1 amide bonds. The van der Waals surface area contributed by atoms with Gasteiger partial charge in [0.15, 0.2) is 6.54 Å². The second-order valence-electron chi connectivity index (χ2n) is 6.96. The summed E-state index contributed by atoms with van der Waals surface area (Å²) in [7, 11) is 1.88. The van der Waals surface area contributed by atoms with Crippen molar-refractivity contribution in [3.05, 3.63) is 82.7 Å². The Hall–Kier alpha value is -2.92. The Balaban J connectivity index is 1.74. The number of benzene rings is 2. The Morgan fingerprint density at radius 3 is 2.26 bits per heavy atom. The zero-order chi connectivity index (χ0) is 19.4. The van der Waals surface area contributed by atoms with Crippen molar-refractivity contribution < 1.29 is 10.1 Å². The molecule has 140 valence electrons. The fourth-order valence-corrected chi connectivity index (χ4v) is 3.27. The number of aromatic nitrogens is 2. The zero-order valence-electron chi connectivity index (χ0n) is 16.4. The molecule has 0 fully saturated rings. The van der Waals surface area contributed by atoms with Crippen LogP contribution in [0, 0.1) is 20.8 Å². The second kappa shape index (κ2) is 8.18. The van der Waals surface area contributed by atoms with Crippen molar-refractivity contribution in [3.8, 4) is 0 Å². The fourth-order valence-electron chi connectivity index (χ4n) is 3.27. The van der Waals surface area contributed by atoms with Crippen LogP contribution >= 0.6 is 0 Å². The van der Waals surface area contributed by atoms with E-state index in [0.29, 0.717) is 6.54 Å². The number of anilines is 1. The normalized spacial score (nSPS) is 12.0. The molecule has 0 bridgehead atoms. The Labute approximate surface area is 160 Å². The van der Waals surface area contributed by atoms with Gasteiger partial charge in [0.1, 0.15) is 6.04 Å². The van der Waals surface area contributed by atoms with Crippen LogP contribution in [0.2, 0.25) is 0 Å². The molecule has 27 heavy (non-hydrogen) atoms. The third kappa shape index (κ3) is 4.44. The van der Waals surface area contributed by atoms with Crippen LogP contribution in [-0.2, 0) is 11.8 Å². The van der Waals surface area contributed by atoms with E-state index in [0.717, 1.165) is 17.1 Å². The number of amides is 1. The van der Waals surface area contributed by atoms with Gasteiger partial charge < -0.3 is 10.6 Å². The van der Waals surface area contributed by atoms with Crippen LogP contribution in [0.5, 0.6) is 0 Å². The molecule has 3 aromatic rings. The number of nitrogens with one attached hydrogen (secondary N) is 1. The van der Waals surface area contributed by atoms with E-state index in [1.54, 1.807) is 4.68 Å². The van der Waals surface area contributed by atoms with Crippen LogP contribution in [-0.4, -0.2) is 22.2 Å². The maximum absolute atomic E-state index is 12.6. The first-order chi connectivity index (χ1) is 13.0. The third-order valence-corrected chi connectivity index (χ3v) is 4.91. The predicted octanol–water partition coefficient (Wildman–Crippen LogP) is 2.64. The quantitative estimate of drug-likeness (QED) is 0.707. The molecule has 3 N–H and O–H groups in total. The maximum Gasteiger partial charge on any atom is 0.279 e. The lowest BCUT2D eigenvalue weighted by molar-refractivity contribution is -0.676. The van der Waals surface area contributed by atoms with Gasteiger partial charge in [-0.25, -0.2) is 0 Å². The Kier molecular flexibility index (Phi) is 5.72. The maximum atomic E-state index is 12.6. The SMILES string of the molecule is Cc1ccc([C@@H]([NH2+]CC(=O)Nc2c(C)nn(C)c2C)c2ccccc2)cc1. The van der Waals surface area contributed by atoms with Crippen LogP contribution < -0.4 is 10.6 Å².